The summed E-state index contributed by atoms with van der Waals surface area (Å²) in [5.74, 6) is 2.74. The molecule has 0 heterocycles. The van der Waals surface area contributed by atoms with Crippen LogP contribution in [0.5, 0.6) is 0 Å². The van der Waals surface area contributed by atoms with Crippen molar-refractivity contribution >= 4 is 16.9 Å². The van der Waals surface area contributed by atoms with Gasteiger partial charge < -0.3 is 4.74 Å². The van der Waals surface area contributed by atoms with Crippen LogP contribution >= 0.6 is 0 Å². The van der Waals surface area contributed by atoms with Gasteiger partial charge in [-0.2, -0.15) is 0 Å². The van der Waals surface area contributed by atoms with E-state index in [2.05, 4.69) is 36.1 Å². The number of hydrogen-bond acceptors (Lipinski definition) is 2. The Morgan fingerprint density at radius 1 is 0.743 bits per heavy atom. The molecule has 0 aliphatic heterocycles. The number of esters is 1. The molecule has 0 amide bonds. The largest absolute Gasteiger partial charge is 0.443 e. The van der Waals surface area contributed by atoms with Crippen molar-refractivity contribution in [3.8, 4) is 11.8 Å². The molecule has 0 saturated heterocycles. The van der Waals surface area contributed by atoms with E-state index in [9.17, 15) is 13.6 Å². The molecule has 35 heavy (non-hydrogen) atoms. The molecule has 0 N–H and O–H groups in total. The van der Waals surface area contributed by atoms with Gasteiger partial charge in [0.15, 0.2) is 31.9 Å². The van der Waals surface area contributed by atoms with Crippen LogP contribution < -0.4 is 0 Å². The molecule has 0 atom stereocenters. The van der Waals surface area contributed by atoms with E-state index in [4.69, 9.17) is 4.74 Å². The first-order valence-corrected chi connectivity index (χ1v) is 12.2. The zero-order valence-electron chi connectivity index (χ0n) is 19.3. The number of carbonyl (C=O) groups excluding carboxylic acids is 1. The van der Waals surface area contributed by atoms with E-state index in [0.29, 0.717) is 5.56 Å². The monoisotopic (exact) mass is 485 g/mol. The maximum atomic E-state index is 13.9. The zero-order valence-corrected chi connectivity index (χ0v) is 20.1. The molecule has 2 nitrogen and oxygen atoms in total. The van der Waals surface area contributed by atoms with Crippen LogP contribution in [0.4, 0.5) is 8.78 Å². The van der Waals surface area contributed by atoms with Gasteiger partial charge >= 0.3 is 5.97 Å². The van der Waals surface area contributed by atoms with Crippen molar-refractivity contribution in [1.29, 1.82) is 0 Å². The van der Waals surface area contributed by atoms with Crippen molar-refractivity contribution in [2.45, 2.75) is 34.1 Å². The molecule has 4 aromatic carbocycles. The summed E-state index contributed by atoms with van der Waals surface area (Å²) in [6, 6.07) is 31.5. The number of carbonyl (C=O) groups is 1. The fraction of sp³-hybridized carbons (Fsp3) is 0.100. The maximum absolute atomic E-state index is 13.9. The highest BCUT2D eigenvalue weighted by Crippen LogP contribution is 2.31. The van der Waals surface area contributed by atoms with Gasteiger partial charge in [0.05, 0.1) is 22.0 Å². The summed E-state index contributed by atoms with van der Waals surface area (Å²) in [5.41, 5.74) is -0.912. The molecule has 0 saturated carbocycles. The van der Waals surface area contributed by atoms with Crippen LogP contribution in [0.1, 0.15) is 29.8 Å². The van der Waals surface area contributed by atoms with E-state index in [0.717, 1.165) is 11.0 Å². The van der Waals surface area contributed by atoms with Crippen LogP contribution in [-0.4, -0.2) is 11.6 Å². The van der Waals surface area contributed by atoms with Crippen molar-refractivity contribution in [2.24, 2.45) is 0 Å². The van der Waals surface area contributed by atoms with Gasteiger partial charge in [-0.25, -0.2) is 13.6 Å². The first kappa shape index (κ1) is 24.3. The third kappa shape index (κ3) is 5.98. The topological polar surface area (TPSA) is 26.3 Å². The zero-order chi connectivity index (χ0) is 24.8. The molecule has 4 rings (SSSR count). The lowest BCUT2D eigenvalue weighted by Crippen LogP contribution is -2.26. The van der Waals surface area contributed by atoms with Crippen molar-refractivity contribution in [2.75, 3.05) is 0 Å². The first-order valence-electron chi connectivity index (χ1n) is 11.0. The molecular formula is C30H23F2O2S+. The van der Waals surface area contributed by atoms with Crippen molar-refractivity contribution in [3.63, 3.8) is 0 Å². The lowest BCUT2D eigenvalue weighted by atomic mass is 10.1. The van der Waals surface area contributed by atoms with Gasteiger partial charge in [-0.1, -0.05) is 54.3 Å². The van der Waals surface area contributed by atoms with Gasteiger partial charge in [0.2, 0.25) is 0 Å². The molecule has 0 aliphatic carbocycles. The van der Waals surface area contributed by atoms with Crippen LogP contribution in [-0.2, 0) is 15.6 Å². The smallest absolute Gasteiger partial charge is 0.339 e. The van der Waals surface area contributed by atoms with Crippen molar-refractivity contribution < 1.29 is 18.3 Å². The highest BCUT2D eigenvalue weighted by atomic mass is 32.2. The third-order valence-electron chi connectivity index (χ3n) is 5.08. The summed E-state index contributed by atoms with van der Waals surface area (Å²) in [6.07, 6.45) is 0. The quantitative estimate of drug-likeness (QED) is 0.172. The summed E-state index contributed by atoms with van der Waals surface area (Å²) in [4.78, 5) is 16.2. The van der Waals surface area contributed by atoms with Gasteiger partial charge in [-0.05, 0) is 74.5 Å². The molecule has 0 fully saturated rings. The van der Waals surface area contributed by atoms with Crippen molar-refractivity contribution in [1.82, 2.24) is 0 Å². The number of benzene rings is 4. The first-order chi connectivity index (χ1) is 16.8. The Kier molecular flexibility index (Phi) is 7.33. The molecule has 174 valence electrons. The SMILES string of the molecule is CC(C)(C#Cc1cccc(F)c1F)OC(=O)c1ccc([S+](c2ccccc2)c2ccccc2)cc1. The summed E-state index contributed by atoms with van der Waals surface area (Å²) in [6.45, 7) is 3.21. The Hall–Kier alpha value is -3.88. The Balaban J connectivity index is 1.54. The highest BCUT2D eigenvalue weighted by molar-refractivity contribution is 7.97. The number of halogens is 2. The predicted octanol–water partition coefficient (Wildman–Crippen LogP) is 7.05. The minimum absolute atomic E-state index is 0.0904. The molecule has 0 bridgehead atoms. The average Bonchev–Trinajstić information content (AvgIpc) is 2.86. The summed E-state index contributed by atoms with van der Waals surface area (Å²) >= 11 is 0. The lowest BCUT2D eigenvalue weighted by Gasteiger charge is -2.19. The second-order valence-electron chi connectivity index (χ2n) is 8.21. The minimum Gasteiger partial charge on any atom is -0.443 e. The van der Waals surface area contributed by atoms with Gasteiger partial charge in [-0.15, -0.1) is 0 Å². The molecule has 0 unspecified atom stereocenters. The highest BCUT2D eigenvalue weighted by Gasteiger charge is 2.29. The Morgan fingerprint density at radius 2 is 1.29 bits per heavy atom. The van der Waals surface area contributed by atoms with Gasteiger partial charge in [0.25, 0.3) is 0 Å². The van der Waals surface area contributed by atoms with Gasteiger partial charge in [-0.3, -0.25) is 0 Å². The molecule has 0 aromatic heterocycles. The van der Waals surface area contributed by atoms with Crippen molar-refractivity contribution in [3.05, 3.63) is 126 Å². The fourth-order valence-electron chi connectivity index (χ4n) is 3.38. The van der Waals surface area contributed by atoms with E-state index < -0.39 is 23.2 Å². The molecular weight excluding hydrogens is 462 g/mol. The van der Waals surface area contributed by atoms with Gasteiger partial charge in [0.1, 0.15) is 0 Å². The summed E-state index contributed by atoms with van der Waals surface area (Å²) < 4.78 is 32.8. The van der Waals surface area contributed by atoms with E-state index in [1.165, 1.54) is 21.9 Å². The Morgan fingerprint density at radius 3 is 1.86 bits per heavy atom. The number of hydrogen-bond donors (Lipinski definition) is 0. The standard InChI is InChI=1S/C30H23F2O2S/c1-30(2,21-20-22-10-9-15-27(31)28(22)32)34-29(33)23-16-18-26(19-17-23)35(24-11-5-3-6-12-24)25-13-7-4-8-14-25/h3-19H,1-2H3/q+1. The number of ether oxygens (including phenoxy) is 1. The average molecular weight is 486 g/mol. The molecule has 5 heteroatoms. The second-order valence-corrected chi connectivity index (χ2v) is 10.2. The van der Waals surface area contributed by atoms with E-state index in [1.54, 1.807) is 26.0 Å². The minimum atomic E-state index is -1.20. The lowest BCUT2D eigenvalue weighted by molar-refractivity contribution is 0.0204. The molecule has 0 radical (unpaired) electrons. The van der Waals surface area contributed by atoms with Crippen LogP contribution in [0, 0.1) is 23.5 Å². The van der Waals surface area contributed by atoms with Gasteiger partial charge in [0, 0.05) is 0 Å². The summed E-state index contributed by atoms with van der Waals surface area (Å²) in [7, 11) is -0.324. The van der Waals surface area contributed by atoms with E-state index in [1.807, 2.05) is 48.5 Å². The molecule has 4 aromatic rings. The molecule has 0 aliphatic rings. The van der Waals surface area contributed by atoms with E-state index >= 15 is 0 Å². The fourth-order valence-corrected chi connectivity index (χ4v) is 5.47. The third-order valence-corrected chi connectivity index (χ3v) is 7.31. The van der Waals surface area contributed by atoms with Crippen LogP contribution in [0.2, 0.25) is 0 Å². The molecule has 0 spiro atoms. The van der Waals surface area contributed by atoms with Crippen LogP contribution in [0.25, 0.3) is 0 Å². The van der Waals surface area contributed by atoms with E-state index in [-0.39, 0.29) is 16.5 Å². The normalized spacial score (nSPS) is 11.0. The maximum Gasteiger partial charge on any atom is 0.339 e. The van der Waals surface area contributed by atoms with Crippen LogP contribution in [0.15, 0.2) is 118 Å². The second kappa shape index (κ2) is 10.6. The Labute approximate surface area is 206 Å². The summed E-state index contributed by atoms with van der Waals surface area (Å²) in [5, 5.41) is 0. The Bertz CT molecular complexity index is 1330. The predicted molar refractivity (Wildman–Crippen MR) is 134 cm³/mol. The van der Waals surface area contributed by atoms with Crippen LogP contribution in [0.3, 0.4) is 0 Å². The number of rotatable bonds is 5.